The Bertz CT molecular complexity index is 600. The summed E-state index contributed by atoms with van der Waals surface area (Å²) in [5.41, 5.74) is 3.46. The normalized spacial score (nSPS) is 16.0. The Morgan fingerprint density at radius 2 is 1.72 bits per heavy atom. The van der Waals surface area contributed by atoms with Gasteiger partial charge < -0.3 is 14.4 Å². The van der Waals surface area contributed by atoms with Gasteiger partial charge in [-0.15, -0.1) is 0 Å². The molecule has 1 aromatic rings. The number of piperazine rings is 1. The van der Waals surface area contributed by atoms with Crippen molar-refractivity contribution in [1.29, 1.82) is 0 Å². The molecule has 2 rings (SSSR count). The van der Waals surface area contributed by atoms with E-state index in [1.807, 2.05) is 25.7 Å². The van der Waals surface area contributed by atoms with Crippen LogP contribution >= 0.6 is 0 Å². The van der Waals surface area contributed by atoms with Gasteiger partial charge in [-0.2, -0.15) is 0 Å². The average molecular weight is 348 g/mol. The fraction of sp³-hybridized carbons (Fsp3) is 0.650. The van der Waals surface area contributed by atoms with E-state index < -0.39 is 5.60 Å². The predicted octanol–water partition coefficient (Wildman–Crippen LogP) is 3.41. The maximum atomic E-state index is 12.1. The Hall–Kier alpha value is -1.75. The molecule has 0 unspecified atom stereocenters. The number of carbonyl (C=O) groups excluding carboxylic acids is 1. The second kappa shape index (κ2) is 8.09. The summed E-state index contributed by atoms with van der Waals surface area (Å²) in [6, 6.07) is 4.22. The van der Waals surface area contributed by atoms with Crippen molar-refractivity contribution in [2.75, 3.05) is 39.8 Å². The summed E-state index contributed by atoms with van der Waals surface area (Å²) in [7, 11) is 1.71. The van der Waals surface area contributed by atoms with Crippen LogP contribution in [0, 0.1) is 13.8 Å². The molecule has 1 saturated heterocycles. The molecular formula is C20H32N2O3. The highest BCUT2D eigenvalue weighted by Gasteiger charge is 2.25. The number of rotatable bonds is 4. The third kappa shape index (κ3) is 5.36. The van der Waals surface area contributed by atoms with E-state index in [0.717, 1.165) is 44.9 Å². The Labute approximate surface area is 151 Å². The molecule has 0 radical (unpaired) electrons. The molecule has 0 atom stereocenters. The lowest BCUT2D eigenvalue weighted by molar-refractivity contribution is 0.0146. The minimum absolute atomic E-state index is 0.200. The van der Waals surface area contributed by atoms with E-state index in [0.29, 0.717) is 0 Å². The molecule has 5 heteroatoms. The second-order valence-corrected chi connectivity index (χ2v) is 7.74. The van der Waals surface area contributed by atoms with Crippen molar-refractivity contribution in [2.24, 2.45) is 0 Å². The quantitative estimate of drug-likeness (QED) is 0.836. The summed E-state index contributed by atoms with van der Waals surface area (Å²) in [4.78, 5) is 16.3. The molecule has 0 bridgehead atoms. The Morgan fingerprint density at radius 1 is 1.08 bits per heavy atom. The molecule has 1 aromatic carbocycles. The average Bonchev–Trinajstić information content (AvgIpc) is 2.55. The number of benzene rings is 1. The van der Waals surface area contributed by atoms with E-state index in [4.69, 9.17) is 9.47 Å². The van der Waals surface area contributed by atoms with Gasteiger partial charge in [0.05, 0.1) is 7.11 Å². The molecule has 1 aliphatic heterocycles. The third-order valence-electron chi connectivity index (χ3n) is 4.79. The topological polar surface area (TPSA) is 42.0 Å². The van der Waals surface area contributed by atoms with Gasteiger partial charge in [0.2, 0.25) is 0 Å². The van der Waals surface area contributed by atoms with Crippen molar-refractivity contribution in [2.45, 2.75) is 46.6 Å². The van der Waals surface area contributed by atoms with Gasteiger partial charge in [0, 0.05) is 32.7 Å². The number of hydrogen-bond acceptors (Lipinski definition) is 4. The van der Waals surface area contributed by atoms with Crippen molar-refractivity contribution >= 4 is 6.09 Å². The number of ether oxygens (including phenoxy) is 2. The van der Waals surface area contributed by atoms with Crippen molar-refractivity contribution in [3.63, 3.8) is 0 Å². The first-order valence-corrected chi connectivity index (χ1v) is 9.04. The van der Waals surface area contributed by atoms with Crippen LogP contribution in [0.2, 0.25) is 0 Å². The van der Waals surface area contributed by atoms with Gasteiger partial charge in [-0.1, -0.05) is 6.07 Å². The van der Waals surface area contributed by atoms with Crippen molar-refractivity contribution < 1.29 is 14.3 Å². The van der Waals surface area contributed by atoms with Crippen LogP contribution in [0.1, 0.15) is 37.5 Å². The summed E-state index contributed by atoms with van der Waals surface area (Å²) < 4.78 is 10.8. The van der Waals surface area contributed by atoms with E-state index in [-0.39, 0.29) is 6.09 Å². The first-order valence-electron chi connectivity index (χ1n) is 9.04. The van der Waals surface area contributed by atoms with Crippen molar-refractivity contribution in [3.05, 3.63) is 28.8 Å². The number of hydrogen-bond donors (Lipinski definition) is 0. The Balaban J connectivity index is 1.83. The zero-order valence-electron chi connectivity index (χ0n) is 16.5. The predicted molar refractivity (Wildman–Crippen MR) is 100 cm³/mol. The molecule has 1 amide bonds. The molecule has 1 fully saturated rings. The fourth-order valence-electron chi connectivity index (χ4n) is 3.10. The van der Waals surface area contributed by atoms with E-state index in [1.165, 1.54) is 16.7 Å². The summed E-state index contributed by atoms with van der Waals surface area (Å²) in [5.74, 6) is 0.951. The number of methoxy groups -OCH3 is 1. The standard InChI is InChI=1S/C20H32N2O3/c1-15-16(2)18(24-6)8-7-17(15)9-10-21-11-13-22(14-12-21)19(23)25-20(3,4)5/h7-8H,9-14H2,1-6H3. The van der Waals surface area contributed by atoms with E-state index in [2.05, 4.69) is 30.9 Å². The van der Waals surface area contributed by atoms with Crippen LogP contribution in [0.15, 0.2) is 12.1 Å². The SMILES string of the molecule is COc1ccc(CCN2CCN(C(=O)OC(C)(C)C)CC2)c(C)c1C. The van der Waals surface area contributed by atoms with Crippen LogP contribution in [0.3, 0.4) is 0 Å². The third-order valence-corrected chi connectivity index (χ3v) is 4.79. The zero-order valence-corrected chi connectivity index (χ0v) is 16.5. The van der Waals surface area contributed by atoms with Crippen molar-refractivity contribution in [3.8, 4) is 5.75 Å². The molecule has 0 saturated carbocycles. The van der Waals surface area contributed by atoms with Gasteiger partial charge in [-0.05, 0) is 63.8 Å². The highest BCUT2D eigenvalue weighted by atomic mass is 16.6. The minimum atomic E-state index is -0.433. The minimum Gasteiger partial charge on any atom is -0.496 e. The van der Waals surface area contributed by atoms with E-state index in [9.17, 15) is 4.79 Å². The molecule has 5 nitrogen and oxygen atoms in total. The highest BCUT2D eigenvalue weighted by Crippen LogP contribution is 2.24. The van der Waals surface area contributed by atoms with Crippen LogP contribution in [0.4, 0.5) is 4.79 Å². The van der Waals surface area contributed by atoms with Gasteiger partial charge in [0.15, 0.2) is 0 Å². The summed E-state index contributed by atoms with van der Waals surface area (Å²) in [6.07, 6.45) is 0.817. The van der Waals surface area contributed by atoms with Gasteiger partial charge in [-0.25, -0.2) is 4.79 Å². The van der Waals surface area contributed by atoms with Crippen LogP contribution in [0.25, 0.3) is 0 Å². The molecule has 0 spiro atoms. The summed E-state index contributed by atoms with van der Waals surface area (Å²) in [6.45, 7) is 14.2. The number of carbonyl (C=O) groups is 1. The molecular weight excluding hydrogens is 316 g/mol. The monoisotopic (exact) mass is 348 g/mol. The lowest BCUT2D eigenvalue weighted by Gasteiger charge is -2.35. The molecule has 140 valence electrons. The molecule has 0 aromatic heterocycles. The van der Waals surface area contributed by atoms with Crippen LogP contribution < -0.4 is 4.74 Å². The largest absolute Gasteiger partial charge is 0.496 e. The lowest BCUT2D eigenvalue weighted by Crippen LogP contribution is -2.50. The maximum absolute atomic E-state index is 12.1. The highest BCUT2D eigenvalue weighted by molar-refractivity contribution is 5.68. The fourth-order valence-corrected chi connectivity index (χ4v) is 3.10. The van der Waals surface area contributed by atoms with Crippen LogP contribution in [-0.4, -0.2) is 61.3 Å². The summed E-state index contributed by atoms with van der Waals surface area (Å²) >= 11 is 0. The van der Waals surface area contributed by atoms with E-state index in [1.54, 1.807) is 7.11 Å². The van der Waals surface area contributed by atoms with Gasteiger partial charge >= 0.3 is 6.09 Å². The molecule has 25 heavy (non-hydrogen) atoms. The smallest absolute Gasteiger partial charge is 0.410 e. The van der Waals surface area contributed by atoms with Gasteiger partial charge in [0.25, 0.3) is 0 Å². The lowest BCUT2D eigenvalue weighted by atomic mass is 10.00. The summed E-state index contributed by atoms with van der Waals surface area (Å²) in [5, 5.41) is 0. The molecule has 0 N–H and O–H groups in total. The second-order valence-electron chi connectivity index (χ2n) is 7.74. The Kier molecular flexibility index (Phi) is 6.33. The Morgan fingerprint density at radius 3 is 2.28 bits per heavy atom. The van der Waals surface area contributed by atoms with Crippen LogP contribution in [-0.2, 0) is 11.2 Å². The maximum Gasteiger partial charge on any atom is 0.410 e. The van der Waals surface area contributed by atoms with Crippen molar-refractivity contribution in [1.82, 2.24) is 9.80 Å². The van der Waals surface area contributed by atoms with E-state index >= 15 is 0 Å². The molecule has 1 aliphatic rings. The first-order chi connectivity index (χ1) is 11.7. The zero-order chi connectivity index (χ0) is 18.6. The van der Waals surface area contributed by atoms with Gasteiger partial charge in [-0.3, -0.25) is 4.90 Å². The van der Waals surface area contributed by atoms with Crippen LogP contribution in [0.5, 0.6) is 5.75 Å². The molecule has 1 heterocycles. The molecule has 0 aliphatic carbocycles. The number of amides is 1. The first kappa shape index (κ1) is 19.6. The van der Waals surface area contributed by atoms with Gasteiger partial charge in [0.1, 0.15) is 11.4 Å². The number of nitrogens with zero attached hydrogens (tertiary/aromatic N) is 2.